The van der Waals surface area contributed by atoms with Crippen LogP contribution in [0.15, 0.2) is 30.3 Å². The van der Waals surface area contributed by atoms with E-state index >= 15 is 0 Å². The number of nitrogens with zero attached hydrogens (tertiary/aromatic N) is 1. The lowest BCUT2D eigenvalue weighted by atomic mass is 9.76. The number of ether oxygens (including phenoxy) is 1. The first-order valence-electron chi connectivity index (χ1n) is 11.3. The lowest BCUT2D eigenvalue weighted by Crippen LogP contribution is -2.65. The van der Waals surface area contributed by atoms with Crippen molar-refractivity contribution < 1.29 is 9.53 Å². The van der Waals surface area contributed by atoms with Gasteiger partial charge in [0.2, 0.25) is 0 Å². The highest BCUT2D eigenvalue weighted by Gasteiger charge is 2.51. The molecule has 4 heteroatoms. The standard InChI is InChI=1S/C27H36N2O2/c1-16-10-11-19(12-17(16)2)29-24(30)28-22-15-27(29,9)31-23-20(22)13-18(25(3,4)5)14-21(23)26(6,7)8/h10-14,22H,15H2,1-9H3,(H,28,30)/t22-,27+/m0/s1. The summed E-state index contributed by atoms with van der Waals surface area (Å²) in [4.78, 5) is 15.1. The van der Waals surface area contributed by atoms with E-state index in [1.54, 1.807) is 4.90 Å². The number of hydrogen-bond donors (Lipinski definition) is 1. The van der Waals surface area contributed by atoms with Crippen molar-refractivity contribution in [1.82, 2.24) is 5.32 Å². The Morgan fingerprint density at radius 1 is 1.00 bits per heavy atom. The van der Waals surface area contributed by atoms with Crippen molar-refractivity contribution in [2.75, 3.05) is 4.90 Å². The van der Waals surface area contributed by atoms with E-state index in [1.807, 2.05) is 13.0 Å². The van der Waals surface area contributed by atoms with Crippen LogP contribution in [-0.4, -0.2) is 11.8 Å². The van der Waals surface area contributed by atoms with E-state index in [0.29, 0.717) is 6.42 Å². The van der Waals surface area contributed by atoms with Crippen molar-refractivity contribution >= 4 is 11.7 Å². The highest BCUT2D eigenvalue weighted by molar-refractivity contribution is 5.95. The zero-order valence-corrected chi connectivity index (χ0v) is 20.4. The van der Waals surface area contributed by atoms with Gasteiger partial charge in [-0.3, -0.25) is 4.90 Å². The Morgan fingerprint density at radius 3 is 2.26 bits per heavy atom. The summed E-state index contributed by atoms with van der Waals surface area (Å²) in [6, 6.07) is 10.5. The second-order valence-electron chi connectivity index (χ2n) is 11.5. The molecule has 2 amide bonds. The average molecular weight is 421 g/mol. The van der Waals surface area contributed by atoms with Gasteiger partial charge >= 0.3 is 6.03 Å². The molecule has 166 valence electrons. The van der Waals surface area contributed by atoms with Gasteiger partial charge in [0.1, 0.15) is 5.75 Å². The molecule has 2 aromatic rings. The minimum Gasteiger partial charge on any atom is -0.467 e. The topological polar surface area (TPSA) is 41.6 Å². The van der Waals surface area contributed by atoms with Crippen LogP contribution < -0.4 is 15.0 Å². The summed E-state index contributed by atoms with van der Waals surface area (Å²) in [7, 11) is 0. The molecule has 2 aliphatic heterocycles. The van der Waals surface area contributed by atoms with Gasteiger partial charge in [-0.2, -0.15) is 0 Å². The summed E-state index contributed by atoms with van der Waals surface area (Å²) in [6.45, 7) is 19.6. The summed E-state index contributed by atoms with van der Waals surface area (Å²) < 4.78 is 6.79. The molecular weight excluding hydrogens is 384 g/mol. The van der Waals surface area contributed by atoms with E-state index < -0.39 is 5.72 Å². The van der Waals surface area contributed by atoms with Gasteiger partial charge in [-0.1, -0.05) is 53.7 Å². The van der Waals surface area contributed by atoms with Crippen LogP contribution in [0, 0.1) is 13.8 Å². The monoisotopic (exact) mass is 420 g/mol. The Kier molecular flexibility index (Phi) is 4.73. The number of benzene rings is 2. The number of carbonyl (C=O) groups excluding carboxylic acids is 1. The molecule has 0 spiro atoms. The molecule has 2 bridgehead atoms. The first-order chi connectivity index (χ1) is 14.2. The molecule has 0 aromatic heterocycles. The summed E-state index contributed by atoms with van der Waals surface area (Å²) in [5, 5.41) is 3.28. The third kappa shape index (κ3) is 3.60. The minimum atomic E-state index is -0.745. The van der Waals surface area contributed by atoms with Crippen LogP contribution in [0.2, 0.25) is 0 Å². The van der Waals surface area contributed by atoms with Crippen molar-refractivity contribution in [2.45, 2.75) is 91.3 Å². The van der Waals surface area contributed by atoms with Crippen molar-refractivity contribution in [3.05, 3.63) is 58.1 Å². The number of carbonyl (C=O) groups is 1. The molecule has 0 saturated carbocycles. The smallest absolute Gasteiger partial charge is 0.325 e. The van der Waals surface area contributed by atoms with Gasteiger partial charge in [-0.15, -0.1) is 0 Å². The molecule has 2 aliphatic rings. The molecule has 2 atom stereocenters. The summed E-state index contributed by atoms with van der Waals surface area (Å²) >= 11 is 0. The number of aryl methyl sites for hydroxylation is 2. The summed E-state index contributed by atoms with van der Waals surface area (Å²) in [6.07, 6.45) is 0.704. The van der Waals surface area contributed by atoms with Crippen molar-refractivity contribution in [2.24, 2.45) is 0 Å². The lowest BCUT2D eigenvalue weighted by molar-refractivity contribution is 0.0358. The van der Waals surface area contributed by atoms with Gasteiger partial charge in [0.15, 0.2) is 5.72 Å². The molecule has 31 heavy (non-hydrogen) atoms. The molecule has 0 radical (unpaired) electrons. The number of rotatable bonds is 1. The molecule has 0 unspecified atom stereocenters. The first kappa shape index (κ1) is 21.7. The Balaban J connectivity index is 1.89. The van der Waals surface area contributed by atoms with Crippen LogP contribution >= 0.6 is 0 Å². The van der Waals surface area contributed by atoms with Gasteiger partial charge in [0.25, 0.3) is 0 Å². The second-order valence-corrected chi connectivity index (χ2v) is 11.5. The fourth-order valence-electron chi connectivity index (χ4n) is 4.71. The van der Waals surface area contributed by atoms with E-state index in [1.165, 1.54) is 16.7 Å². The molecule has 1 saturated heterocycles. The number of nitrogens with one attached hydrogen (secondary N) is 1. The molecule has 1 N–H and O–H groups in total. The Hall–Kier alpha value is -2.49. The third-order valence-corrected chi connectivity index (χ3v) is 6.79. The molecule has 4 rings (SSSR count). The maximum atomic E-state index is 13.3. The largest absolute Gasteiger partial charge is 0.467 e. The molecule has 2 heterocycles. The van der Waals surface area contributed by atoms with Gasteiger partial charge < -0.3 is 10.1 Å². The molecule has 4 nitrogen and oxygen atoms in total. The predicted octanol–water partition coefficient (Wildman–Crippen LogP) is 6.67. The van der Waals surface area contributed by atoms with Gasteiger partial charge in [-0.05, 0) is 66.5 Å². The van der Waals surface area contributed by atoms with Gasteiger partial charge in [0.05, 0.1) is 6.04 Å². The maximum Gasteiger partial charge on any atom is 0.325 e. The number of fused-ring (bicyclic) bond motifs is 4. The number of amides is 2. The quantitative estimate of drug-likeness (QED) is 0.560. The minimum absolute atomic E-state index is 0.0138. The van der Waals surface area contributed by atoms with Gasteiger partial charge in [-0.25, -0.2) is 4.79 Å². The molecule has 0 aliphatic carbocycles. The van der Waals surface area contributed by atoms with E-state index in [2.05, 4.69) is 85.0 Å². The van der Waals surface area contributed by atoms with Gasteiger partial charge in [0, 0.05) is 23.2 Å². The molecule has 1 fully saturated rings. The number of hydrogen-bond acceptors (Lipinski definition) is 2. The highest BCUT2D eigenvalue weighted by Crippen LogP contribution is 2.50. The van der Waals surface area contributed by atoms with Crippen LogP contribution in [0.25, 0.3) is 0 Å². The van der Waals surface area contributed by atoms with Crippen LogP contribution in [0.3, 0.4) is 0 Å². The molecular formula is C27H36N2O2. The summed E-state index contributed by atoms with van der Waals surface area (Å²) in [5.41, 5.74) is 6.00. The third-order valence-electron chi connectivity index (χ3n) is 6.79. The molecule has 2 aromatic carbocycles. The zero-order valence-electron chi connectivity index (χ0n) is 20.4. The van der Waals surface area contributed by atoms with Crippen LogP contribution in [0.5, 0.6) is 5.75 Å². The van der Waals surface area contributed by atoms with E-state index in [-0.39, 0.29) is 22.9 Å². The predicted molar refractivity (Wildman–Crippen MR) is 127 cm³/mol. The Morgan fingerprint density at radius 2 is 1.68 bits per heavy atom. The van der Waals surface area contributed by atoms with Crippen LogP contribution in [-0.2, 0) is 10.8 Å². The van der Waals surface area contributed by atoms with Crippen molar-refractivity contribution in [3.8, 4) is 5.75 Å². The Bertz CT molecular complexity index is 1060. The number of urea groups is 1. The summed E-state index contributed by atoms with van der Waals surface area (Å²) in [5.74, 6) is 0.924. The Labute approximate surface area is 187 Å². The first-order valence-corrected chi connectivity index (χ1v) is 11.3. The van der Waals surface area contributed by atoms with E-state index in [4.69, 9.17) is 4.74 Å². The van der Waals surface area contributed by atoms with Crippen molar-refractivity contribution in [1.29, 1.82) is 0 Å². The lowest BCUT2D eigenvalue weighted by Gasteiger charge is -2.51. The normalized spacial score (nSPS) is 23.2. The van der Waals surface area contributed by atoms with E-state index in [9.17, 15) is 4.79 Å². The second kappa shape index (κ2) is 6.75. The zero-order chi connectivity index (χ0) is 22.9. The van der Waals surface area contributed by atoms with Crippen LogP contribution in [0.1, 0.15) is 88.7 Å². The fourth-order valence-corrected chi connectivity index (χ4v) is 4.71. The maximum absolute atomic E-state index is 13.3. The van der Waals surface area contributed by atoms with Crippen molar-refractivity contribution in [3.63, 3.8) is 0 Å². The van der Waals surface area contributed by atoms with Crippen LogP contribution in [0.4, 0.5) is 10.5 Å². The average Bonchev–Trinajstić information content (AvgIpc) is 2.61. The fraction of sp³-hybridized carbons (Fsp3) is 0.519. The highest BCUT2D eigenvalue weighted by atomic mass is 16.5. The SMILES string of the molecule is Cc1ccc(N2C(=O)N[C@H]3C[C@@]2(C)Oc2c3cc(C(C)(C)C)cc2C(C)(C)C)cc1C. The number of anilines is 1. The van der Waals surface area contributed by atoms with E-state index in [0.717, 1.165) is 22.6 Å².